The first-order valence-electron chi connectivity index (χ1n) is 7.38. The fourth-order valence-corrected chi connectivity index (χ4v) is 2.16. The quantitative estimate of drug-likeness (QED) is 0.497. The van der Waals surface area contributed by atoms with Crippen molar-refractivity contribution < 1.29 is 14.5 Å². The molecular weight excluding hydrogens is 312 g/mol. The lowest BCUT2D eigenvalue weighted by Gasteiger charge is -2.12. The van der Waals surface area contributed by atoms with Crippen LogP contribution >= 0.6 is 0 Å². The third-order valence-corrected chi connectivity index (χ3v) is 3.61. The summed E-state index contributed by atoms with van der Waals surface area (Å²) in [6.45, 7) is 5.12. The lowest BCUT2D eigenvalue weighted by atomic mass is 10.1. The summed E-state index contributed by atoms with van der Waals surface area (Å²) in [5.41, 5.74) is 1.77. The zero-order valence-corrected chi connectivity index (χ0v) is 13.6. The highest BCUT2D eigenvalue weighted by Gasteiger charge is 2.20. The van der Waals surface area contributed by atoms with Gasteiger partial charge in [-0.2, -0.15) is 4.68 Å². The number of carbonyl (C=O) groups is 2. The van der Waals surface area contributed by atoms with Gasteiger partial charge in [0.15, 0.2) is 5.78 Å². The Bertz CT molecular complexity index is 780. The van der Waals surface area contributed by atoms with Crippen molar-refractivity contribution in [2.45, 2.75) is 27.3 Å². The van der Waals surface area contributed by atoms with Crippen LogP contribution in [-0.4, -0.2) is 26.4 Å². The first-order chi connectivity index (χ1) is 11.3. The summed E-state index contributed by atoms with van der Waals surface area (Å²) in [4.78, 5) is 33.6. The van der Waals surface area contributed by atoms with Gasteiger partial charge >= 0.3 is 5.82 Å². The Hall–Kier alpha value is -3.03. The number of aromatic nitrogens is 2. The summed E-state index contributed by atoms with van der Waals surface area (Å²) in [5, 5.41) is 17.4. The number of ketones is 1. The molecule has 126 valence electrons. The molecule has 1 unspecified atom stereocenters. The van der Waals surface area contributed by atoms with Gasteiger partial charge < -0.3 is 15.4 Å². The number of benzene rings is 1. The number of rotatable bonds is 6. The lowest BCUT2D eigenvalue weighted by molar-refractivity contribution is -0.389. The van der Waals surface area contributed by atoms with Gasteiger partial charge in [-0.25, -0.2) is 0 Å². The van der Waals surface area contributed by atoms with Crippen LogP contribution in [0.15, 0.2) is 30.3 Å². The van der Waals surface area contributed by atoms with Crippen LogP contribution in [-0.2, 0) is 11.3 Å². The molecule has 24 heavy (non-hydrogen) atoms. The molecule has 1 amide bonds. The summed E-state index contributed by atoms with van der Waals surface area (Å²) in [5.74, 6) is -0.948. The summed E-state index contributed by atoms with van der Waals surface area (Å²) < 4.78 is 1.45. The number of hydrogen-bond donors (Lipinski definition) is 1. The van der Waals surface area contributed by atoms with Crippen LogP contribution in [0, 0.1) is 23.0 Å². The maximum atomic E-state index is 12.2. The third-order valence-electron chi connectivity index (χ3n) is 3.61. The molecule has 0 bridgehead atoms. The van der Waals surface area contributed by atoms with Crippen LogP contribution in [0.5, 0.6) is 0 Å². The molecule has 0 saturated carbocycles. The van der Waals surface area contributed by atoms with Crippen molar-refractivity contribution in [3.8, 4) is 0 Å². The van der Waals surface area contributed by atoms with Gasteiger partial charge in [-0.1, -0.05) is 6.92 Å². The van der Waals surface area contributed by atoms with E-state index in [0.717, 1.165) is 0 Å². The lowest BCUT2D eigenvalue weighted by Crippen LogP contribution is -2.25. The Morgan fingerprint density at radius 1 is 1.33 bits per heavy atom. The molecule has 0 aliphatic carbocycles. The van der Waals surface area contributed by atoms with Crippen molar-refractivity contribution >= 4 is 23.2 Å². The summed E-state index contributed by atoms with van der Waals surface area (Å²) >= 11 is 0. The summed E-state index contributed by atoms with van der Waals surface area (Å²) in [6.07, 6.45) is 0. The van der Waals surface area contributed by atoms with Gasteiger partial charge in [0.1, 0.15) is 0 Å². The van der Waals surface area contributed by atoms with Gasteiger partial charge in [0.25, 0.3) is 0 Å². The fraction of sp³-hybridized carbons (Fsp3) is 0.312. The predicted octanol–water partition coefficient (Wildman–Crippen LogP) is 2.58. The number of nitro groups is 1. The molecule has 1 N–H and O–H groups in total. The number of nitrogens with zero attached hydrogens (tertiary/aromatic N) is 3. The van der Waals surface area contributed by atoms with Gasteiger partial charge in [-0.05, 0) is 43.0 Å². The highest BCUT2D eigenvalue weighted by Crippen LogP contribution is 2.15. The molecule has 1 aromatic carbocycles. The van der Waals surface area contributed by atoms with Crippen molar-refractivity contribution in [2.24, 2.45) is 5.92 Å². The van der Waals surface area contributed by atoms with Gasteiger partial charge in [-0.3, -0.25) is 9.59 Å². The zero-order chi connectivity index (χ0) is 17.9. The maximum Gasteiger partial charge on any atom is 0.390 e. The van der Waals surface area contributed by atoms with Gasteiger partial charge in [0.2, 0.25) is 5.91 Å². The highest BCUT2D eigenvalue weighted by atomic mass is 16.6. The molecule has 0 fully saturated rings. The average molecular weight is 330 g/mol. The fourth-order valence-electron chi connectivity index (χ4n) is 2.16. The van der Waals surface area contributed by atoms with E-state index in [9.17, 15) is 19.7 Å². The highest BCUT2D eigenvalue weighted by molar-refractivity contribution is 5.96. The Morgan fingerprint density at radius 2 is 1.96 bits per heavy atom. The number of amides is 1. The van der Waals surface area contributed by atoms with Crippen molar-refractivity contribution in [3.05, 3.63) is 51.7 Å². The van der Waals surface area contributed by atoms with Gasteiger partial charge in [-0.15, -0.1) is 0 Å². The molecule has 2 rings (SSSR count). The summed E-state index contributed by atoms with van der Waals surface area (Å²) in [7, 11) is 0. The second-order valence-electron chi connectivity index (χ2n) is 5.61. The van der Waals surface area contributed by atoms with Crippen LogP contribution in [0.1, 0.15) is 29.9 Å². The molecule has 1 heterocycles. The predicted molar refractivity (Wildman–Crippen MR) is 87.9 cm³/mol. The Kier molecular flexibility index (Phi) is 5.08. The molecule has 0 spiro atoms. The van der Waals surface area contributed by atoms with Crippen molar-refractivity contribution in [1.82, 2.24) is 9.78 Å². The SMILES string of the molecule is CC(=O)c1ccc(NC(=O)C(C)Cn2nc([N+](=O)[O-])cc2C)cc1. The van der Waals surface area contributed by atoms with E-state index in [0.29, 0.717) is 16.9 Å². The van der Waals surface area contributed by atoms with E-state index in [1.165, 1.54) is 17.7 Å². The smallest absolute Gasteiger partial charge is 0.358 e. The van der Waals surface area contributed by atoms with Crippen molar-refractivity contribution in [3.63, 3.8) is 0 Å². The van der Waals surface area contributed by atoms with Crippen LogP contribution in [0.4, 0.5) is 11.5 Å². The summed E-state index contributed by atoms with van der Waals surface area (Å²) in [6, 6.07) is 7.97. The number of nitrogens with one attached hydrogen (secondary N) is 1. The largest absolute Gasteiger partial charge is 0.390 e. The topological polar surface area (TPSA) is 107 Å². The normalized spacial score (nSPS) is 11.8. The third kappa shape index (κ3) is 4.03. The van der Waals surface area contributed by atoms with Crippen LogP contribution in [0.2, 0.25) is 0 Å². The minimum Gasteiger partial charge on any atom is -0.358 e. The van der Waals surface area contributed by atoms with E-state index in [2.05, 4.69) is 10.4 Å². The zero-order valence-electron chi connectivity index (χ0n) is 13.6. The van der Waals surface area contributed by atoms with Crippen molar-refractivity contribution in [2.75, 3.05) is 5.32 Å². The van der Waals surface area contributed by atoms with E-state index >= 15 is 0 Å². The monoisotopic (exact) mass is 330 g/mol. The molecule has 0 radical (unpaired) electrons. The minimum absolute atomic E-state index is 0.0444. The average Bonchev–Trinajstić information content (AvgIpc) is 2.89. The molecule has 0 aliphatic rings. The van der Waals surface area contributed by atoms with Crippen LogP contribution < -0.4 is 5.32 Å². The Labute approximate surface area is 138 Å². The first-order valence-corrected chi connectivity index (χ1v) is 7.38. The van der Waals surface area contributed by atoms with Crippen molar-refractivity contribution in [1.29, 1.82) is 0 Å². The first kappa shape index (κ1) is 17.3. The second-order valence-corrected chi connectivity index (χ2v) is 5.61. The number of Topliss-reactive ketones (excluding diaryl/α,β-unsaturated/α-hetero) is 1. The van der Waals surface area contributed by atoms with E-state index < -0.39 is 10.8 Å². The number of aryl methyl sites for hydroxylation is 1. The van der Waals surface area contributed by atoms with Crippen LogP contribution in [0.25, 0.3) is 0 Å². The molecule has 0 saturated heterocycles. The van der Waals surface area contributed by atoms with E-state index in [-0.39, 0.29) is 24.1 Å². The molecule has 1 aromatic heterocycles. The number of carbonyl (C=O) groups excluding carboxylic acids is 2. The number of anilines is 1. The van der Waals surface area contributed by atoms with Crippen LogP contribution in [0.3, 0.4) is 0 Å². The molecule has 0 aliphatic heterocycles. The molecular formula is C16H18N4O4. The molecule has 1 atom stereocenters. The van der Waals surface area contributed by atoms with Gasteiger partial charge in [0, 0.05) is 11.3 Å². The van der Waals surface area contributed by atoms with E-state index in [1.54, 1.807) is 38.1 Å². The Balaban J connectivity index is 2.01. The molecule has 2 aromatic rings. The van der Waals surface area contributed by atoms with Gasteiger partial charge in [0.05, 0.1) is 29.3 Å². The maximum absolute atomic E-state index is 12.2. The Morgan fingerprint density at radius 3 is 2.46 bits per heavy atom. The van der Waals surface area contributed by atoms with E-state index in [1.807, 2.05) is 0 Å². The number of hydrogen-bond acceptors (Lipinski definition) is 5. The standard InChI is InChI=1S/C16H18N4O4/c1-10(9-19-11(2)8-15(18-19)20(23)24)16(22)17-14-6-4-13(5-7-14)12(3)21/h4-8,10H,9H2,1-3H3,(H,17,22). The molecule has 8 nitrogen and oxygen atoms in total. The second kappa shape index (κ2) is 7.03. The van der Waals surface area contributed by atoms with E-state index in [4.69, 9.17) is 0 Å². The minimum atomic E-state index is -0.565. The molecule has 8 heteroatoms.